The van der Waals surface area contributed by atoms with Crippen molar-refractivity contribution in [3.8, 4) is 0 Å². The Hall–Kier alpha value is -1.10. The fraction of sp³-hybridized carbons (Fsp3) is 0.273. The van der Waals surface area contributed by atoms with Gasteiger partial charge in [0.15, 0.2) is 0 Å². The van der Waals surface area contributed by atoms with Gasteiger partial charge >= 0.3 is 0 Å². The monoisotopic (exact) mass is 270 g/mol. The summed E-state index contributed by atoms with van der Waals surface area (Å²) in [5.41, 5.74) is 0.981. The first kappa shape index (κ1) is 12.4. The maximum Gasteiger partial charge on any atom is 0.141 e. The molecule has 0 amide bonds. The van der Waals surface area contributed by atoms with Crippen molar-refractivity contribution in [3.63, 3.8) is 0 Å². The Morgan fingerprint density at radius 2 is 2.24 bits per heavy atom. The van der Waals surface area contributed by atoms with Gasteiger partial charge in [0.05, 0.1) is 16.1 Å². The number of rotatable bonds is 4. The maximum absolute atomic E-state index is 6.15. The van der Waals surface area contributed by atoms with Gasteiger partial charge in [-0.2, -0.15) is 5.10 Å². The zero-order valence-electron chi connectivity index (χ0n) is 9.24. The minimum Gasteiger partial charge on any atom is -0.310 e. The molecule has 0 fully saturated rings. The molecule has 2 rings (SSSR count). The minimum atomic E-state index is 0.0356. The fourth-order valence-electron chi connectivity index (χ4n) is 1.64. The van der Waals surface area contributed by atoms with Crippen molar-refractivity contribution in [2.45, 2.75) is 12.5 Å². The molecule has 0 saturated heterocycles. The van der Waals surface area contributed by atoms with Crippen LogP contribution in [0, 0.1) is 0 Å². The number of halogens is 2. The molecule has 1 aromatic carbocycles. The standard InChI is InChI=1S/C11H12Cl2N4/c1-14-9(11-15-6-16-17-11)5-7-3-2-4-8(12)10(7)13/h2-4,6,9,14H,5H2,1H3,(H,15,16,17). The van der Waals surface area contributed by atoms with Crippen molar-refractivity contribution in [2.24, 2.45) is 0 Å². The Labute approximate surface area is 109 Å². The van der Waals surface area contributed by atoms with Crippen LogP contribution in [0.1, 0.15) is 17.4 Å². The normalized spacial score (nSPS) is 12.6. The molecule has 1 unspecified atom stereocenters. The number of H-pyrrole nitrogens is 1. The number of likely N-dealkylation sites (N-methyl/N-ethyl adjacent to an activating group) is 1. The van der Waals surface area contributed by atoms with Crippen LogP contribution < -0.4 is 5.32 Å². The summed E-state index contributed by atoms with van der Waals surface area (Å²) in [5.74, 6) is 0.781. The summed E-state index contributed by atoms with van der Waals surface area (Å²) < 4.78 is 0. The number of aromatic nitrogens is 3. The minimum absolute atomic E-state index is 0.0356. The topological polar surface area (TPSA) is 53.6 Å². The predicted octanol–water partition coefficient (Wildman–Crippen LogP) is 2.61. The summed E-state index contributed by atoms with van der Waals surface area (Å²) in [6, 6.07) is 5.65. The van der Waals surface area contributed by atoms with Crippen LogP contribution in [0.15, 0.2) is 24.5 Å². The van der Waals surface area contributed by atoms with Gasteiger partial charge in [-0.3, -0.25) is 5.10 Å². The number of hydrogen-bond donors (Lipinski definition) is 2. The van der Waals surface area contributed by atoms with Gasteiger partial charge in [-0.1, -0.05) is 35.3 Å². The largest absolute Gasteiger partial charge is 0.310 e. The van der Waals surface area contributed by atoms with E-state index < -0.39 is 0 Å². The highest BCUT2D eigenvalue weighted by atomic mass is 35.5. The third-order valence-corrected chi connectivity index (χ3v) is 3.43. The molecular weight excluding hydrogens is 259 g/mol. The van der Waals surface area contributed by atoms with Gasteiger partial charge in [0, 0.05) is 0 Å². The number of aromatic amines is 1. The summed E-state index contributed by atoms with van der Waals surface area (Å²) >= 11 is 12.1. The van der Waals surface area contributed by atoms with E-state index in [-0.39, 0.29) is 6.04 Å². The van der Waals surface area contributed by atoms with E-state index in [2.05, 4.69) is 20.5 Å². The molecule has 0 aliphatic carbocycles. The Morgan fingerprint density at radius 3 is 2.88 bits per heavy atom. The molecule has 0 bridgehead atoms. The molecular formula is C11H12Cl2N4. The van der Waals surface area contributed by atoms with Crippen LogP contribution in [-0.2, 0) is 6.42 Å². The fourth-order valence-corrected chi connectivity index (χ4v) is 2.04. The van der Waals surface area contributed by atoms with Gasteiger partial charge in [0.25, 0.3) is 0 Å². The van der Waals surface area contributed by atoms with Gasteiger partial charge in [-0.15, -0.1) is 0 Å². The van der Waals surface area contributed by atoms with Crippen LogP contribution in [0.3, 0.4) is 0 Å². The van der Waals surface area contributed by atoms with Crippen molar-refractivity contribution in [3.05, 3.63) is 46.0 Å². The third-order valence-electron chi connectivity index (χ3n) is 2.57. The lowest BCUT2D eigenvalue weighted by Crippen LogP contribution is -2.20. The number of nitrogens with one attached hydrogen (secondary N) is 2. The lowest BCUT2D eigenvalue weighted by molar-refractivity contribution is 0.560. The Bertz CT molecular complexity index is 484. The first-order valence-corrected chi connectivity index (χ1v) is 5.93. The second kappa shape index (κ2) is 5.49. The summed E-state index contributed by atoms with van der Waals surface area (Å²) in [6.07, 6.45) is 2.18. The van der Waals surface area contributed by atoms with E-state index in [1.807, 2.05) is 19.2 Å². The number of hydrogen-bond acceptors (Lipinski definition) is 3. The maximum atomic E-state index is 6.15. The average molecular weight is 271 g/mol. The Kier molecular flexibility index (Phi) is 3.99. The van der Waals surface area contributed by atoms with E-state index in [9.17, 15) is 0 Å². The van der Waals surface area contributed by atoms with E-state index >= 15 is 0 Å². The number of nitrogens with zero attached hydrogens (tertiary/aromatic N) is 2. The molecule has 90 valence electrons. The molecule has 0 saturated carbocycles. The molecule has 0 spiro atoms. The van der Waals surface area contributed by atoms with E-state index in [0.717, 1.165) is 11.4 Å². The molecule has 0 aliphatic rings. The lowest BCUT2D eigenvalue weighted by Gasteiger charge is -2.14. The first-order chi connectivity index (χ1) is 8.22. The van der Waals surface area contributed by atoms with Crippen molar-refractivity contribution < 1.29 is 0 Å². The van der Waals surface area contributed by atoms with Gasteiger partial charge in [0.2, 0.25) is 0 Å². The molecule has 4 nitrogen and oxygen atoms in total. The van der Waals surface area contributed by atoms with Crippen molar-refractivity contribution in [2.75, 3.05) is 7.05 Å². The molecule has 0 aliphatic heterocycles. The van der Waals surface area contributed by atoms with E-state index in [1.165, 1.54) is 6.33 Å². The Morgan fingerprint density at radius 1 is 1.41 bits per heavy atom. The van der Waals surface area contributed by atoms with Crippen LogP contribution >= 0.6 is 23.2 Å². The van der Waals surface area contributed by atoms with Crippen molar-refractivity contribution in [1.29, 1.82) is 0 Å². The summed E-state index contributed by atoms with van der Waals surface area (Å²) in [6.45, 7) is 0. The van der Waals surface area contributed by atoms with Crippen LogP contribution in [0.2, 0.25) is 10.0 Å². The second-order valence-corrected chi connectivity index (χ2v) is 4.41. The van der Waals surface area contributed by atoms with Gasteiger partial charge < -0.3 is 5.32 Å². The van der Waals surface area contributed by atoms with Crippen LogP contribution in [-0.4, -0.2) is 22.2 Å². The summed E-state index contributed by atoms with van der Waals surface area (Å²) in [4.78, 5) is 4.13. The van der Waals surface area contributed by atoms with Crippen LogP contribution in [0.25, 0.3) is 0 Å². The quantitative estimate of drug-likeness (QED) is 0.898. The number of benzene rings is 1. The van der Waals surface area contributed by atoms with E-state index in [1.54, 1.807) is 6.07 Å². The Balaban J connectivity index is 2.22. The summed E-state index contributed by atoms with van der Waals surface area (Å²) in [7, 11) is 1.87. The molecule has 6 heteroatoms. The SMILES string of the molecule is CNC(Cc1cccc(Cl)c1Cl)c1ncn[nH]1. The highest BCUT2D eigenvalue weighted by molar-refractivity contribution is 6.42. The molecule has 0 radical (unpaired) electrons. The van der Waals surface area contributed by atoms with Gasteiger partial charge in [-0.05, 0) is 25.1 Å². The zero-order valence-corrected chi connectivity index (χ0v) is 10.8. The van der Waals surface area contributed by atoms with Crippen molar-refractivity contribution in [1.82, 2.24) is 20.5 Å². The molecule has 2 aromatic rings. The molecule has 17 heavy (non-hydrogen) atoms. The highest BCUT2D eigenvalue weighted by Crippen LogP contribution is 2.28. The first-order valence-electron chi connectivity index (χ1n) is 5.17. The lowest BCUT2D eigenvalue weighted by atomic mass is 10.1. The third kappa shape index (κ3) is 2.77. The van der Waals surface area contributed by atoms with E-state index in [4.69, 9.17) is 23.2 Å². The van der Waals surface area contributed by atoms with Crippen LogP contribution in [0.4, 0.5) is 0 Å². The zero-order chi connectivity index (χ0) is 12.3. The van der Waals surface area contributed by atoms with E-state index in [0.29, 0.717) is 16.5 Å². The van der Waals surface area contributed by atoms with Gasteiger partial charge in [-0.25, -0.2) is 4.98 Å². The van der Waals surface area contributed by atoms with Gasteiger partial charge in [0.1, 0.15) is 12.2 Å². The molecule has 1 heterocycles. The smallest absolute Gasteiger partial charge is 0.141 e. The molecule has 1 aromatic heterocycles. The van der Waals surface area contributed by atoms with Crippen molar-refractivity contribution >= 4 is 23.2 Å². The highest BCUT2D eigenvalue weighted by Gasteiger charge is 2.15. The molecule has 1 atom stereocenters. The second-order valence-electron chi connectivity index (χ2n) is 3.63. The van der Waals surface area contributed by atoms with Crippen LogP contribution in [0.5, 0.6) is 0 Å². The predicted molar refractivity (Wildman–Crippen MR) is 68.3 cm³/mol. The summed E-state index contributed by atoms with van der Waals surface area (Å²) in [5, 5.41) is 11.0. The average Bonchev–Trinajstić information content (AvgIpc) is 2.85. The molecule has 2 N–H and O–H groups in total.